The monoisotopic (exact) mass is 200 g/mol. The fourth-order valence-electron chi connectivity index (χ4n) is 1.22. The van der Waals surface area contributed by atoms with Crippen LogP contribution in [0.25, 0.3) is 0 Å². The van der Waals surface area contributed by atoms with Crippen LogP contribution in [0.4, 0.5) is 0 Å². The van der Waals surface area contributed by atoms with Crippen LogP contribution in [0.3, 0.4) is 0 Å². The van der Waals surface area contributed by atoms with Gasteiger partial charge >= 0.3 is 0 Å². The van der Waals surface area contributed by atoms with Crippen molar-refractivity contribution in [3.8, 4) is 0 Å². The Hall–Kier alpha value is -0.243. The van der Waals surface area contributed by atoms with E-state index in [1.165, 1.54) is 25.7 Å². The lowest BCUT2D eigenvalue weighted by Gasteiger charge is -2.19. The highest BCUT2D eigenvalue weighted by Crippen LogP contribution is 2.11. The largest absolute Gasteiger partial charge is 0.548 e. The third kappa shape index (κ3) is 9.67. The van der Waals surface area contributed by atoms with Gasteiger partial charge in [0.15, 0.2) is 0 Å². The first-order valence-corrected chi connectivity index (χ1v) is 8.72. The van der Waals surface area contributed by atoms with Crippen molar-refractivity contribution in [3.05, 3.63) is 11.8 Å². The smallest absolute Gasteiger partial charge is 0.241 e. The van der Waals surface area contributed by atoms with Gasteiger partial charge in [0.05, 0.1) is 5.76 Å². The Morgan fingerprint density at radius 3 is 2.31 bits per heavy atom. The summed E-state index contributed by atoms with van der Waals surface area (Å²) >= 11 is 0. The zero-order valence-electron chi connectivity index (χ0n) is 9.81. The van der Waals surface area contributed by atoms with E-state index in [2.05, 4.69) is 39.6 Å². The van der Waals surface area contributed by atoms with Crippen LogP contribution in [-0.2, 0) is 4.43 Å². The summed E-state index contributed by atoms with van der Waals surface area (Å²) in [5, 5.41) is 0. The van der Waals surface area contributed by atoms with Crippen LogP contribution in [0.15, 0.2) is 11.8 Å². The van der Waals surface area contributed by atoms with E-state index in [9.17, 15) is 0 Å². The molecule has 0 aromatic heterocycles. The molecule has 0 saturated heterocycles. The summed E-state index contributed by atoms with van der Waals surface area (Å²) in [6.07, 6.45) is 7.32. The zero-order chi connectivity index (χ0) is 10.3. The van der Waals surface area contributed by atoms with E-state index in [1.807, 2.05) is 0 Å². The second-order valence-corrected chi connectivity index (χ2v) is 8.95. The lowest BCUT2D eigenvalue weighted by atomic mass is 10.2. The van der Waals surface area contributed by atoms with Gasteiger partial charge in [0.25, 0.3) is 0 Å². The van der Waals surface area contributed by atoms with Crippen molar-refractivity contribution in [1.29, 1.82) is 0 Å². The van der Waals surface area contributed by atoms with E-state index in [1.54, 1.807) is 0 Å². The van der Waals surface area contributed by atoms with Gasteiger partial charge in [-0.1, -0.05) is 19.8 Å². The second kappa shape index (κ2) is 6.25. The predicted octanol–water partition coefficient (Wildman–Crippen LogP) is 4.32. The van der Waals surface area contributed by atoms with Crippen LogP contribution < -0.4 is 0 Å². The lowest BCUT2D eigenvalue weighted by molar-refractivity contribution is 0.421. The van der Waals surface area contributed by atoms with Gasteiger partial charge in [-0.2, -0.15) is 0 Å². The van der Waals surface area contributed by atoms with E-state index < -0.39 is 8.32 Å². The van der Waals surface area contributed by atoms with Crippen molar-refractivity contribution in [2.24, 2.45) is 0 Å². The molecule has 0 aromatic rings. The van der Waals surface area contributed by atoms with Gasteiger partial charge in [-0.25, -0.2) is 0 Å². The summed E-state index contributed by atoms with van der Waals surface area (Å²) in [5.74, 6) is 1.12. The van der Waals surface area contributed by atoms with E-state index in [4.69, 9.17) is 4.43 Å². The first-order chi connectivity index (χ1) is 5.95. The SMILES string of the molecule is CCCCCC=C(C)O[Si](C)(C)C. The van der Waals surface area contributed by atoms with E-state index in [-0.39, 0.29) is 0 Å². The van der Waals surface area contributed by atoms with Crippen LogP contribution in [0.5, 0.6) is 0 Å². The molecule has 0 radical (unpaired) electrons. The van der Waals surface area contributed by atoms with Crippen LogP contribution >= 0.6 is 0 Å². The first-order valence-electron chi connectivity index (χ1n) is 5.31. The Kier molecular flexibility index (Phi) is 6.13. The molecule has 13 heavy (non-hydrogen) atoms. The highest BCUT2D eigenvalue weighted by Gasteiger charge is 2.15. The highest BCUT2D eigenvalue weighted by atomic mass is 28.4. The van der Waals surface area contributed by atoms with Gasteiger partial charge < -0.3 is 4.43 Å². The molecule has 0 fully saturated rings. The van der Waals surface area contributed by atoms with Gasteiger partial charge in [-0.3, -0.25) is 0 Å². The minimum atomic E-state index is -1.36. The fourth-order valence-corrected chi connectivity index (χ4v) is 2.27. The molecule has 0 rings (SSSR count). The molecule has 0 saturated carbocycles. The molecule has 78 valence electrons. The molecular weight excluding hydrogens is 176 g/mol. The van der Waals surface area contributed by atoms with Crippen LogP contribution in [0, 0.1) is 0 Å². The van der Waals surface area contributed by atoms with Crippen molar-refractivity contribution < 1.29 is 4.43 Å². The van der Waals surface area contributed by atoms with Crippen molar-refractivity contribution in [3.63, 3.8) is 0 Å². The number of hydrogen-bond acceptors (Lipinski definition) is 1. The molecule has 0 atom stereocenters. The Balaban J connectivity index is 3.63. The van der Waals surface area contributed by atoms with Crippen LogP contribution in [0.2, 0.25) is 19.6 Å². The zero-order valence-corrected chi connectivity index (χ0v) is 10.8. The average Bonchev–Trinajstić information content (AvgIpc) is 1.94. The summed E-state index contributed by atoms with van der Waals surface area (Å²) in [4.78, 5) is 0. The molecular formula is C11H24OSi. The Morgan fingerprint density at radius 2 is 1.85 bits per heavy atom. The standard InChI is InChI=1S/C11H24OSi/c1-6-7-8-9-10-11(2)12-13(3,4)5/h10H,6-9H2,1-5H3. The molecule has 2 heteroatoms. The van der Waals surface area contributed by atoms with E-state index in [0.29, 0.717) is 0 Å². The van der Waals surface area contributed by atoms with Gasteiger partial charge in [0.1, 0.15) is 0 Å². The number of allylic oxidation sites excluding steroid dienone is 2. The van der Waals surface area contributed by atoms with E-state index >= 15 is 0 Å². The predicted molar refractivity (Wildman–Crippen MR) is 62.3 cm³/mol. The Morgan fingerprint density at radius 1 is 1.23 bits per heavy atom. The summed E-state index contributed by atoms with van der Waals surface area (Å²) < 4.78 is 5.82. The Labute approximate surface area is 84.3 Å². The third-order valence-corrected chi connectivity index (χ3v) is 2.64. The van der Waals surface area contributed by atoms with Crippen molar-refractivity contribution in [1.82, 2.24) is 0 Å². The molecule has 0 unspecified atom stereocenters. The van der Waals surface area contributed by atoms with E-state index in [0.717, 1.165) is 5.76 Å². The number of rotatable bonds is 6. The lowest BCUT2D eigenvalue weighted by Crippen LogP contribution is -2.24. The van der Waals surface area contributed by atoms with Gasteiger partial charge in [-0.05, 0) is 45.5 Å². The maximum absolute atomic E-state index is 5.82. The molecule has 0 amide bonds. The Bertz CT molecular complexity index is 156. The molecule has 0 aliphatic heterocycles. The minimum absolute atomic E-state index is 1.12. The molecule has 0 aliphatic rings. The number of unbranched alkanes of at least 4 members (excludes halogenated alkanes) is 3. The van der Waals surface area contributed by atoms with Crippen LogP contribution in [0.1, 0.15) is 39.5 Å². The maximum Gasteiger partial charge on any atom is 0.241 e. The molecule has 0 bridgehead atoms. The second-order valence-electron chi connectivity index (χ2n) is 4.52. The fraction of sp³-hybridized carbons (Fsp3) is 0.818. The molecule has 0 aromatic carbocycles. The summed E-state index contributed by atoms with van der Waals surface area (Å²) in [5.41, 5.74) is 0. The highest BCUT2D eigenvalue weighted by molar-refractivity contribution is 6.70. The third-order valence-electron chi connectivity index (χ3n) is 1.71. The van der Waals surface area contributed by atoms with Crippen molar-refractivity contribution >= 4 is 8.32 Å². The quantitative estimate of drug-likeness (QED) is 0.352. The average molecular weight is 200 g/mol. The summed E-state index contributed by atoms with van der Waals surface area (Å²) in [7, 11) is -1.36. The molecule has 0 heterocycles. The van der Waals surface area contributed by atoms with Crippen LogP contribution in [-0.4, -0.2) is 8.32 Å². The van der Waals surface area contributed by atoms with Crippen molar-refractivity contribution in [2.45, 2.75) is 59.2 Å². The minimum Gasteiger partial charge on any atom is -0.548 e. The molecule has 0 aliphatic carbocycles. The molecule has 0 spiro atoms. The van der Waals surface area contributed by atoms with Gasteiger partial charge in [0, 0.05) is 0 Å². The first kappa shape index (κ1) is 12.8. The topological polar surface area (TPSA) is 9.23 Å². The molecule has 1 nitrogen and oxygen atoms in total. The number of hydrogen-bond donors (Lipinski definition) is 0. The summed E-state index contributed by atoms with van der Waals surface area (Å²) in [6, 6.07) is 0. The maximum atomic E-state index is 5.82. The van der Waals surface area contributed by atoms with Crippen molar-refractivity contribution in [2.75, 3.05) is 0 Å². The summed E-state index contributed by atoms with van der Waals surface area (Å²) in [6.45, 7) is 11.0. The normalized spacial score (nSPS) is 13.2. The van der Waals surface area contributed by atoms with Gasteiger partial charge in [0.2, 0.25) is 8.32 Å². The molecule has 0 N–H and O–H groups in total. The van der Waals surface area contributed by atoms with Gasteiger partial charge in [-0.15, -0.1) is 0 Å².